The maximum atomic E-state index is 4.38. The second-order valence-electron chi connectivity index (χ2n) is 6.63. The Hall–Kier alpha value is -1.16. The molecule has 0 aliphatic heterocycles. The summed E-state index contributed by atoms with van der Waals surface area (Å²) in [6.07, 6.45) is 8.24. The Morgan fingerprint density at radius 3 is 2.77 bits per heavy atom. The van der Waals surface area contributed by atoms with Gasteiger partial charge in [0.1, 0.15) is 6.33 Å². The molecule has 0 atom stereocenters. The first-order valence-corrected chi connectivity index (χ1v) is 10.0. The second-order valence-corrected chi connectivity index (χ2v) is 7.58. The Morgan fingerprint density at radius 1 is 1.31 bits per heavy atom. The molecule has 6 nitrogen and oxygen atoms in total. The van der Waals surface area contributed by atoms with Crippen molar-refractivity contribution in [3.63, 3.8) is 0 Å². The Bertz CT molecular complexity index is 676. The van der Waals surface area contributed by atoms with Gasteiger partial charge in [0, 0.05) is 30.4 Å². The predicted molar refractivity (Wildman–Crippen MR) is 118 cm³/mol. The van der Waals surface area contributed by atoms with Gasteiger partial charge in [0.15, 0.2) is 11.8 Å². The van der Waals surface area contributed by atoms with Gasteiger partial charge in [-0.25, -0.2) is 0 Å². The summed E-state index contributed by atoms with van der Waals surface area (Å²) in [5.41, 5.74) is 0.244. The van der Waals surface area contributed by atoms with E-state index in [1.807, 2.05) is 23.0 Å². The molecule has 1 saturated carbocycles. The molecule has 1 aliphatic carbocycles. The second kappa shape index (κ2) is 10.2. The molecule has 0 spiro atoms. The maximum absolute atomic E-state index is 4.38. The number of rotatable bonds is 6. The molecule has 2 aromatic rings. The monoisotopic (exact) mass is 488 g/mol. The van der Waals surface area contributed by atoms with Crippen LogP contribution in [0, 0.1) is 0 Å². The standard InChI is InChI=1S/C18H28N6S.HI/c1-3-24-14-22-23-16(24)12-20-17(19-2)21-13-18(9-5-4-6-10-18)15-8-7-11-25-15;/h7-8,11,14H,3-6,9-10,12-13H2,1-2H3,(H2,19,20,21);1H. The molecule has 0 saturated heterocycles. The number of hydrogen-bond donors (Lipinski definition) is 2. The Kier molecular flexibility index (Phi) is 8.33. The van der Waals surface area contributed by atoms with Crippen molar-refractivity contribution in [2.75, 3.05) is 13.6 Å². The van der Waals surface area contributed by atoms with E-state index in [-0.39, 0.29) is 29.4 Å². The van der Waals surface area contributed by atoms with Crippen LogP contribution in [-0.4, -0.2) is 34.3 Å². The van der Waals surface area contributed by atoms with E-state index in [4.69, 9.17) is 0 Å². The Morgan fingerprint density at radius 2 is 2.12 bits per heavy atom. The van der Waals surface area contributed by atoms with Crippen LogP contribution in [0.3, 0.4) is 0 Å². The van der Waals surface area contributed by atoms with E-state index in [0.29, 0.717) is 6.54 Å². The van der Waals surface area contributed by atoms with Crippen LogP contribution in [0.25, 0.3) is 0 Å². The summed E-state index contributed by atoms with van der Waals surface area (Å²) in [7, 11) is 1.82. The summed E-state index contributed by atoms with van der Waals surface area (Å²) in [5.74, 6) is 1.75. The summed E-state index contributed by atoms with van der Waals surface area (Å²) in [5, 5.41) is 17.3. The normalized spacial score (nSPS) is 16.8. The van der Waals surface area contributed by atoms with Crippen molar-refractivity contribution in [1.82, 2.24) is 25.4 Å². The molecular weight excluding hydrogens is 459 g/mol. The topological polar surface area (TPSA) is 67.1 Å². The van der Waals surface area contributed by atoms with Gasteiger partial charge in [-0.05, 0) is 31.2 Å². The third-order valence-corrected chi connectivity index (χ3v) is 6.24. The van der Waals surface area contributed by atoms with Gasteiger partial charge in [-0.3, -0.25) is 4.99 Å². The van der Waals surface area contributed by atoms with Gasteiger partial charge >= 0.3 is 0 Å². The summed E-state index contributed by atoms with van der Waals surface area (Å²) >= 11 is 1.88. The van der Waals surface area contributed by atoms with Crippen LogP contribution in [-0.2, 0) is 18.5 Å². The molecule has 0 radical (unpaired) electrons. The minimum atomic E-state index is 0. The molecule has 3 rings (SSSR count). The number of thiophene rings is 1. The number of aliphatic imine (C=N–C) groups is 1. The zero-order valence-corrected chi connectivity index (χ0v) is 18.7. The first-order valence-electron chi connectivity index (χ1n) is 9.12. The predicted octanol–water partition coefficient (Wildman–Crippen LogP) is 3.54. The smallest absolute Gasteiger partial charge is 0.191 e. The van der Waals surface area contributed by atoms with Crippen LogP contribution < -0.4 is 10.6 Å². The molecule has 2 N–H and O–H groups in total. The molecule has 0 unspecified atom stereocenters. The van der Waals surface area contributed by atoms with Gasteiger partial charge in [0.25, 0.3) is 0 Å². The summed E-state index contributed by atoms with van der Waals surface area (Å²) in [6.45, 7) is 4.51. The van der Waals surface area contributed by atoms with Crippen LogP contribution in [0.15, 0.2) is 28.8 Å². The molecule has 1 aliphatic rings. The van der Waals surface area contributed by atoms with E-state index in [2.05, 4.69) is 50.3 Å². The fraction of sp³-hybridized carbons (Fsp3) is 0.611. The number of nitrogens with one attached hydrogen (secondary N) is 2. The Labute approximate surface area is 176 Å². The van der Waals surface area contributed by atoms with E-state index in [0.717, 1.165) is 24.9 Å². The van der Waals surface area contributed by atoms with Crippen molar-refractivity contribution >= 4 is 41.3 Å². The molecule has 2 aromatic heterocycles. The van der Waals surface area contributed by atoms with E-state index in [1.54, 1.807) is 6.33 Å². The van der Waals surface area contributed by atoms with E-state index >= 15 is 0 Å². The average Bonchev–Trinajstić information content (AvgIpc) is 3.34. The number of guanidine groups is 1. The zero-order chi connectivity index (χ0) is 17.5. The average molecular weight is 488 g/mol. The van der Waals surface area contributed by atoms with Gasteiger partial charge in [-0.1, -0.05) is 25.3 Å². The highest BCUT2D eigenvalue weighted by molar-refractivity contribution is 14.0. The quantitative estimate of drug-likeness (QED) is 0.371. The first-order chi connectivity index (χ1) is 12.3. The summed E-state index contributed by atoms with van der Waals surface area (Å²) in [6, 6.07) is 4.46. The largest absolute Gasteiger partial charge is 0.355 e. The lowest BCUT2D eigenvalue weighted by Crippen LogP contribution is -2.46. The highest BCUT2D eigenvalue weighted by Gasteiger charge is 2.34. The summed E-state index contributed by atoms with van der Waals surface area (Å²) < 4.78 is 2.04. The van der Waals surface area contributed by atoms with Crippen LogP contribution >= 0.6 is 35.3 Å². The molecular formula is C18H29IN6S. The molecule has 0 bridgehead atoms. The van der Waals surface area contributed by atoms with Crippen LogP contribution in [0.4, 0.5) is 0 Å². The molecule has 0 amide bonds. The van der Waals surface area contributed by atoms with Crippen molar-refractivity contribution < 1.29 is 0 Å². The van der Waals surface area contributed by atoms with Gasteiger partial charge in [0.05, 0.1) is 6.54 Å². The zero-order valence-electron chi connectivity index (χ0n) is 15.6. The van der Waals surface area contributed by atoms with Crippen molar-refractivity contribution in [2.45, 2.75) is 57.5 Å². The molecule has 0 aromatic carbocycles. The highest BCUT2D eigenvalue weighted by Crippen LogP contribution is 2.41. The van der Waals surface area contributed by atoms with Gasteiger partial charge < -0.3 is 15.2 Å². The van der Waals surface area contributed by atoms with E-state index < -0.39 is 0 Å². The lowest BCUT2D eigenvalue weighted by atomic mass is 9.73. The maximum Gasteiger partial charge on any atom is 0.191 e. The molecule has 1 fully saturated rings. The molecule has 26 heavy (non-hydrogen) atoms. The number of halogens is 1. The fourth-order valence-electron chi connectivity index (χ4n) is 3.64. The molecule has 2 heterocycles. The van der Waals surface area contributed by atoms with Crippen molar-refractivity contribution in [1.29, 1.82) is 0 Å². The van der Waals surface area contributed by atoms with Crippen molar-refractivity contribution in [2.24, 2.45) is 4.99 Å². The minimum absolute atomic E-state index is 0. The van der Waals surface area contributed by atoms with Crippen molar-refractivity contribution in [3.8, 4) is 0 Å². The summed E-state index contributed by atoms with van der Waals surface area (Å²) in [4.78, 5) is 5.88. The number of nitrogens with zero attached hydrogens (tertiary/aromatic N) is 4. The van der Waals surface area contributed by atoms with E-state index in [9.17, 15) is 0 Å². The Balaban J connectivity index is 0.00000243. The van der Waals surface area contributed by atoms with E-state index in [1.165, 1.54) is 37.0 Å². The van der Waals surface area contributed by atoms with Crippen molar-refractivity contribution in [3.05, 3.63) is 34.5 Å². The first kappa shape index (κ1) is 21.1. The highest BCUT2D eigenvalue weighted by atomic mass is 127. The third-order valence-electron chi connectivity index (χ3n) is 5.12. The van der Waals surface area contributed by atoms with Crippen LogP contribution in [0.1, 0.15) is 49.7 Å². The number of hydrogen-bond acceptors (Lipinski definition) is 4. The SMILES string of the molecule is CCn1cnnc1CNC(=NC)NCC1(c2cccs2)CCCCC1.I. The fourth-order valence-corrected chi connectivity index (χ4v) is 4.62. The van der Waals surface area contributed by atoms with Crippen LogP contribution in [0.2, 0.25) is 0 Å². The van der Waals surface area contributed by atoms with Gasteiger partial charge in [0.2, 0.25) is 0 Å². The molecule has 8 heteroatoms. The van der Waals surface area contributed by atoms with Crippen LogP contribution in [0.5, 0.6) is 0 Å². The van der Waals surface area contributed by atoms with Gasteiger partial charge in [-0.15, -0.1) is 45.5 Å². The molecule has 144 valence electrons. The lowest BCUT2D eigenvalue weighted by Gasteiger charge is -2.37. The lowest BCUT2D eigenvalue weighted by molar-refractivity contribution is 0.296. The number of aromatic nitrogens is 3. The van der Waals surface area contributed by atoms with Gasteiger partial charge in [-0.2, -0.15) is 0 Å². The number of aryl methyl sites for hydroxylation is 1. The minimum Gasteiger partial charge on any atom is -0.355 e. The third kappa shape index (κ3) is 4.97.